The van der Waals surface area contributed by atoms with Crippen LogP contribution in [0.25, 0.3) is 0 Å². The Morgan fingerprint density at radius 2 is 2.28 bits per heavy atom. The Morgan fingerprint density at radius 3 is 3.00 bits per heavy atom. The maximum atomic E-state index is 12.0. The Labute approximate surface area is 110 Å². The molecule has 96 valence electrons. The fraction of sp³-hybridized carbons (Fsp3) is 0.333. The number of piperazine rings is 1. The average molecular weight is 268 g/mol. The highest BCUT2D eigenvalue weighted by molar-refractivity contribution is 6.31. The predicted molar refractivity (Wildman–Crippen MR) is 69.8 cm³/mol. The minimum atomic E-state index is -0.282. The van der Waals surface area contributed by atoms with E-state index in [0.29, 0.717) is 23.8 Å². The van der Waals surface area contributed by atoms with Gasteiger partial charge in [-0.25, -0.2) is 4.79 Å². The summed E-state index contributed by atoms with van der Waals surface area (Å²) >= 11 is 5.98. The van der Waals surface area contributed by atoms with E-state index < -0.39 is 0 Å². The first-order chi connectivity index (χ1) is 8.58. The lowest BCUT2D eigenvalue weighted by Gasteiger charge is -2.27. The lowest BCUT2D eigenvalue weighted by atomic mass is 10.2. The van der Waals surface area contributed by atoms with Crippen LogP contribution in [0.4, 0.5) is 10.5 Å². The summed E-state index contributed by atoms with van der Waals surface area (Å²) in [5.74, 6) is -0.140. The summed E-state index contributed by atoms with van der Waals surface area (Å²) in [4.78, 5) is 24.6. The summed E-state index contributed by atoms with van der Waals surface area (Å²) in [5, 5.41) is 6.03. The Bertz CT molecular complexity index is 490. The van der Waals surface area contributed by atoms with E-state index in [-0.39, 0.29) is 18.5 Å². The Balaban J connectivity index is 2.07. The molecule has 18 heavy (non-hydrogen) atoms. The smallest absolute Gasteiger partial charge is 0.322 e. The van der Waals surface area contributed by atoms with Gasteiger partial charge in [0.1, 0.15) is 6.54 Å². The zero-order valence-corrected chi connectivity index (χ0v) is 10.8. The zero-order chi connectivity index (χ0) is 13.1. The summed E-state index contributed by atoms with van der Waals surface area (Å²) in [5.41, 5.74) is 1.48. The molecular weight excluding hydrogens is 254 g/mol. The number of anilines is 1. The van der Waals surface area contributed by atoms with Gasteiger partial charge in [-0.05, 0) is 24.6 Å². The van der Waals surface area contributed by atoms with Gasteiger partial charge < -0.3 is 15.5 Å². The minimum Gasteiger partial charge on any atom is -0.353 e. The topological polar surface area (TPSA) is 61.4 Å². The number of carbonyl (C=O) groups is 2. The highest BCUT2D eigenvalue weighted by Gasteiger charge is 2.21. The lowest BCUT2D eigenvalue weighted by Crippen LogP contribution is -2.51. The summed E-state index contributed by atoms with van der Waals surface area (Å²) in [6.45, 7) is 2.92. The third kappa shape index (κ3) is 2.73. The maximum absolute atomic E-state index is 12.0. The zero-order valence-electron chi connectivity index (χ0n) is 10.00. The summed E-state index contributed by atoms with van der Waals surface area (Å²) < 4.78 is 0. The molecule has 6 heteroatoms. The molecule has 1 heterocycles. The van der Waals surface area contributed by atoms with Crippen molar-refractivity contribution in [2.24, 2.45) is 0 Å². The third-order valence-electron chi connectivity index (χ3n) is 2.83. The molecule has 1 aromatic carbocycles. The standard InChI is InChI=1S/C12H14ClN3O2/c1-8-9(13)3-2-4-10(8)15-12(18)16-6-5-14-11(17)7-16/h2-4H,5-7H2,1H3,(H,14,17)(H,15,18). The predicted octanol–water partition coefficient (Wildman–Crippen LogP) is 1.61. The quantitative estimate of drug-likeness (QED) is 0.812. The fourth-order valence-electron chi connectivity index (χ4n) is 1.75. The number of nitrogens with zero attached hydrogens (tertiary/aromatic N) is 1. The first-order valence-electron chi connectivity index (χ1n) is 5.65. The van der Waals surface area contributed by atoms with E-state index >= 15 is 0 Å². The van der Waals surface area contributed by atoms with Crippen molar-refractivity contribution in [3.05, 3.63) is 28.8 Å². The molecule has 1 aromatic rings. The normalized spacial score (nSPS) is 15.2. The van der Waals surface area contributed by atoms with Gasteiger partial charge in [0.2, 0.25) is 5.91 Å². The molecule has 0 bridgehead atoms. The SMILES string of the molecule is Cc1c(Cl)cccc1NC(=O)N1CCNC(=O)C1. The Kier molecular flexibility index (Phi) is 3.72. The van der Waals surface area contributed by atoms with Gasteiger partial charge in [0.05, 0.1) is 0 Å². The number of rotatable bonds is 1. The molecule has 5 nitrogen and oxygen atoms in total. The molecule has 0 radical (unpaired) electrons. The van der Waals surface area contributed by atoms with Crippen LogP contribution in [-0.4, -0.2) is 36.5 Å². The van der Waals surface area contributed by atoms with Crippen LogP contribution >= 0.6 is 11.6 Å². The van der Waals surface area contributed by atoms with Crippen LogP contribution in [0.15, 0.2) is 18.2 Å². The summed E-state index contributed by atoms with van der Waals surface area (Å²) in [7, 11) is 0. The monoisotopic (exact) mass is 267 g/mol. The van der Waals surface area contributed by atoms with Crippen molar-refractivity contribution in [1.29, 1.82) is 0 Å². The van der Waals surface area contributed by atoms with Crippen LogP contribution < -0.4 is 10.6 Å². The second kappa shape index (κ2) is 5.27. The van der Waals surface area contributed by atoms with Gasteiger partial charge in [0.25, 0.3) is 0 Å². The number of halogens is 1. The first kappa shape index (κ1) is 12.7. The molecule has 0 aromatic heterocycles. The van der Waals surface area contributed by atoms with Gasteiger partial charge in [-0.3, -0.25) is 4.79 Å². The second-order valence-corrected chi connectivity index (χ2v) is 4.52. The Hall–Kier alpha value is -1.75. The molecule has 3 amide bonds. The molecule has 1 aliphatic heterocycles. The highest BCUT2D eigenvalue weighted by atomic mass is 35.5. The minimum absolute atomic E-state index is 0.0887. The van der Waals surface area contributed by atoms with Crippen LogP contribution in [-0.2, 0) is 4.79 Å². The van der Waals surface area contributed by atoms with Crippen molar-refractivity contribution in [3.8, 4) is 0 Å². The molecule has 2 rings (SSSR count). The van der Waals surface area contributed by atoms with Gasteiger partial charge in [-0.1, -0.05) is 17.7 Å². The summed E-state index contributed by atoms with van der Waals surface area (Å²) in [6, 6.07) is 5.04. The number of urea groups is 1. The van der Waals surface area contributed by atoms with Gasteiger partial charge in [-0.2, -0.15) is 0 Å². The van der Waals surface area contributed by atoms with Gasteiger partial charge >= 0.3 is 6.03 Å². The first-order valence-corrected chi connectivity index (χ1v) is 6.03. The van der Waals surface area contributed by atoms with Crippen LogP contribution in [0, 0.1) is 6.92 Å². The molecule has 1 aliphatic rings. The van der Waals surface area contributed by atoms with Gasteiger partial charge in [0, 0.05) is 23.8 Å². The van der Waals surface area contributed by atoms with Crippen molar-refractivity contribution in [2.75, 3.05) is 25.0 Å². The number of amides is 3. The van der Waals surface area contributed by atoms with Crippen LogP contribution in [0.3, 0.4) is 0 Å². The molecular formula is C12H14ClN3O2. The van der Waals surface area contributed by atoms with E-state index in [2.05, 4.69) is 10.6 Å². The van der Waals surface area contributed by atoms with Crippen LogP contribution in [0.5, 0.6) is 0 Å². The van der Waals surface area contributed by atoms with E-state index in [1.54, 1.807) is 18.2 Å². The molecule has 0 atom stereocenters. The average Bonchev–Trinajstić information content (AvgIpc) is 2.35. The van der Waals surface area contributed by atoms with Gasteiger partial charge in [0.15, 0.2) is 0 Å². The number of benzene rings is 1. The Morgan fingerprint density at radius 1 is 1.50 bits per heavy atom. The fourth-order valence-corrected chi connectivity index (χ4v) is 1.92. The molecule has 1 fully saturated rings. The molecule has 0 unspecified atom stereocenters. The molecule has 2 N–H and O–H groups in total. The molecule has 0 saturated carbocycles. The number of carbonyl (C=O) groups excluding carboxylic acids is 2. The van der Waals surface area contributed by atoms with E-state index in [0.717, 1.165) is 5.56 Å². The maximum Gasteiger partial charge on any atom is 0.322 e. The third-order valence-corrected chi connectivity index (χ3v) is 3.24. The van der Waals surface area contributed by atoms with E-state index in [1.165, 1.54) is 4.90 Å². The van der Waals surface area contributed by atoms with E-state index in [1.807, 2.05) is 6.92 Å². The van der Waals surface area contributed by atoms with Crippen molar-refractivity contribution in [3.63, 3.8) is 0 Å². The van der Waals surface area contributed by atoms with Crippen molar-refractivity contribution in [2.45, 2.75) is 6.92 Å². The van der Waals surface area contributed by atoms with E-state index in [9.17, 15) is 9.59 Å². The second-order valence-electron chi connectivity index (χ2n) is 4.11. The largest absolute Gasteiger partial charge is 0.353 e. The van der Waals surface area contributed by atoms with Crippen molar-refractivity contribution < 1.29 is 9.59 Å². The van der Waals surface area contributed by atoms with Crippen molar-refractivity contribution >= 4 is 29.2 Å². The molecule has 0 spiro atoms. The highest BCUT2D eigenvalue weighted by Crippen LogP contribution is 2.23. The van der Waals surface area contributed by atoms with E-state index in [4.69, 9.17) is 11.6 Å². The van der Waals surface area contributed by atoms with Gasteiger partial charge in [-0.15, -0.1) is 0 Å². The lowest BCUT2D eigenvalue weighted by molar-refractivity contribution is -0.123. The van der Waals surface area contributed by atoms with Crippen LogP contribution in [0.1, 0.15) is 5.56 Å². The molecule has 1 saturated heterocycles. The number of nitrogens with one attached hydrogen (secondary N) is 2. The molecule has 0 aliphatic carbocycles. The number of hydrogen-bond donors (Lipinski definition) is 2. The van der Waals surface area contributed by atoms with Crippen molar-refractivity contribution in [1.82, 2.24) is 10.2 Å². The summed E-state index contributed by atoms with van der Waals surface area (Å²) in [6.07, 6.45) is 0. The van der Waals surface area contributed by atoms with Crippen LogP contribution in [0.2, 0.25) is 5.02 Å². The number of hydrogen-bond acceptors (Lipinski definition) is 2.